The summed E-state index contributed by atoms with van der Waals surface area (Å²) in [5.74, 6) is 1.67. The summed E-state index contributed by atoms with van der Waals surface area (Å²) in [6.45, 7) is 0. The van der Waals surface area contributed by atoms with Gasteiger partial charge in [-0.05, 0) is 36.4 Å². The Bertz CT molecular complexity index is 2200. The van der Waals surface area contributed by atoms with Gasteiger partial charge in [-0.2, -0.15) is 0 Å². The Labute approximate surface area is 227 Å². The topological polar surface area (TPSA) is 65.0 Å². The van der Waals surface area contributed by atoms with Crippen molar-refractivity contribution in [3.8, 4) is 34.2 Å². The molecule has 184 valence electrons. The van der Waals surface area contributed by atoms with E-state index < -0.39 is 0 Å². The molecule has 0 aliphatic rings. The second kappa shape index (κ2) is 8.51. The molecule has 8 rings (SSSR count). The zero-order valence-corrected chi connectivity index (χ0v) is 21.2. The highest BCUT2D eigenvalue weighted by molar-refractivity contribution is 6.31. The molecule has 0 bridgehead atoms. The summed E-state index contributed by atoms with van der Waals surface area (Å²) < 4.78 is 12.5. The van der Waals surface area contributed by atoms with E-state index in [0.29, 0.717) is 28.1 Å². The number of nitrogens with zero attached hydrogens (tertiary/aromatic N) is 3. The van der Waals surface area contributed by atoms with Crippen molar-refractivity contribution < 1.29 is 8.83 Å². The van der Waals surface area contributed by atoms with Gasteiger partial charge in [0.15, 0.2) is 17.5 Å². The number of rotatable bonds is 3. The van der Waals surface area contributed by atoms with E-state index >= 15 is 0 Å². The van der Waals surface area contributed by atoms with E-state index in [1.54, 1.807) is 0 Å². The highest BCUT2D eigenvalue weighted by atomic mass is 35.5. The SMILES string of the molecule is Clc1ccc2oc3c(-c4nc(-c5ccccc5)nc(-c5cccc6oc7ccccc7c56)n4)cccc3c2c1. The molecule has 39 heavy (non-hydrogen) atoms. The van der Waals surface area contributed by atoms with E-state index in [1.165, 1.54) is 0 Å². The Morgan fingerprint density at radius 3 is 2.05 bits per heavy atom. The minimum absolute atomic E-state index is 0.527. The summed E-state index contributed by atoms with van der Waals surface area (Å²) in [5.41, 5.74) is 5.63. The lowest BCUT2D eigenvalue weighted by Gasteiger charge is -2.09. The van der Waals surface area contributed by atoms with Crippen LogP contribution in [0.5, 0.6) is 0 Å². The van der Waals surface area contributed by atoms with Gasteiger partial charge < -0.3 is 8.83 Å². The number of aromatic nitrogens is 3. The van der Waals surface area contributed by atoms with E-state index in [-0.39, 0.29) is 0 Å². The molecule has 3 heterocycles. The van der Waals surface area contributed by atoms with Crippen LogP contribution in [-0.4, -0.2) is 15.0 Å². The van der Waals surface area contributed by atoms with Gasteiger partial charge in [-0.25, -0.2) is 15.0 Å². The first kappa shape index (κ1) is 22.0. The third-order valence-electron chi connectivity index (χ3n) is 7.01. The Morgan fingerprint density at radius 2 is 1.15 bits per heavy atom. The van der Waals surface area contributed by atoms with Crippen molar-refractivity contribution in [1.82, 2.24) is 15.0 Å². The van der Waals surface area contributed by atoms with Crippen molar-refractivity contribution >= 4 is 55.5 Å². The third-order valence-corrected chi connectivity index (χ3v) is 7.25. The monoisotopic (exact) mass is 523 g/mol. The fourth-order valence-corrected chi connectivity index (χ4v) is 5.41. The van der Waals surface area contributed by atoms with Crippen LogP contribution in [0.1, 0.15) is 0 Å². The molecule has 0 saturated heterocycles. The van der Waals surface area contributed by atoms with Gasteiger partial charge in [0, 0.05) is 37.7 Å². The Kier molecular flexibility index (Phi) is 4.81. The number of hydrogen-bond donors (Lipinski definition) is 0. The molecule has 0 aliphatic carbocycles. The van der Waals surface area contributed by atoms with Crippen LogP contribution < -0.4 is 0 Å². The van der Waals surface area contributed by atoms with E-state index in [2.05, 4.69) is 6.07 Å². The average molecular weight is 524 g/mol. The van der Waals surface area contributed by atoms with Crippen LogP contribution in [0.3, 0.4) is 0 Å². The summed E-state index contributed by atoms with van der Waals surface area (Å²) in [6, 6.07) is 35.6. The van der Waals surface area contributed by atoms with Crippen LogP contribution in [0.4, 0.5) is 0 Å². The fraction of sp³-hybridized carbons (Fsp3) is 0. The summed E-state index contributed by atoms with van der Waals surface area (Å²) >= 11 is 6.31. The minimum atomic E-state index is 0.527. The first-order valence-electron chi connectivity index (χ1n) is 12.6. The lowest BCUT2D eigenvalue weighted by molar-refractivity contribution is 0.668. The zero-order valence-electron chi connectivity index (χ0n) is 20.4. The van der Waals surface area contributed by atoms with Gasteiger partial charge in [0.25, 0.3) is 0 Å². The Balaban J connectivity index is 1.44. The Hall–Kier alpha value is -5.00. The maximum absolute atomic E-state index is 6.33. The smallest absolute Gasteiger partial charge is 0.167 e. The number of para-hydroxylation sites is 2. The molecule has 0 saturated carbocycles. The van der Waals surface area contributed by atoms with Crippen molar-refractivity contribution in [1.29, 1.82) is 0 Å². The van der Waals surface area contributed by atoms with Crippen LogP contribution in [0.25, 0.3) is 78.0 Å². The second-order valence-electron chi connectivity index (χ2n) is 9.37. The van der Waals surface area contributed by atoms with Gasteiger partial charge in [-0.15, -0.1) is 0 Å². The van der Waals surface area contributed by atoms with Gasteiger partial charge in [-0.3, -0.25) is 0 Å². The summed E-state index contributed by atoms with van der Waals surface area (Å²) in [4.78, 5) is 14.9. The van der Waals surface area contributed by atoms with Crippen molar-refractivity contribution in [2.45, 2.75) is 0 Å². The standard InChI is InChI=1S/C33H18ClN3O2/c34-20-16-17-27-25(18-20)21-11-6-13-24(30(21)39-27)33-36-31(19-8-2-1-3-9-19)35-32(37-33)23-12-7-15-28-29(23)22-10-4-5-14-26(22)38-28/h1-18H. The van der Waals surface area contributed by atoms with Gasteiger partial charge >= 0.3 is 0 Å². The van der Waals surface area contributed by atoms with Crippen molar-refractivity contribution in [3.63, 3.8) is 0 Å². The predicted molar refractivity (Wildman–Crippen MR) is 156 cm³/mol. The van der Waals surface area contributed by atoms with Gasteiger partial charge in [-0.1, -0.05) is 84.4 Å². The minimum Gasteiger partial charge on any atom is -0.456 e. The van der Waals surface area contributed by atoms with Crippen LogP contribution in [-0.2, 0) is 0 Å². The maximum atomic E-state index is 6.33. The van der Waals surface area contributed by atoms with E-state index in [1.807, 2.05) is 103 Å². The number of halogens is 1. The second-order valence-corrected chi connectivity index (χ2v) is 9.81. The highest BCUT2D eigenvalue weighted by Crippen LogP contribution is 2.39. The molecule has 6 heteroatoms. The van der Waals surface area contributed by atoms with E-state index in [0.717, 1.165) is 55.0 Å². The number of hydrogen-bond acceptors (Lipinski definition) is 5. The molecule has 3 aromatic heterocycles. The first-order valence-corrected chi connectivity index (χ1v) is 12.9. The lowest BCUT2D eigenvalue weighted by atomic mass is 10.0. The lowest BCUT2D eigenvalue weighted by Crippen LogP contribution is -2.00. The number of benzene rings is 5. The zero-order chi connectivity index (χ0) is 25.9. The molecular weight excluding hydrogens is 506 g/mol. The van der Waals surface area contributed by atoms with Crippen molar-refractivity contribution in [2.75, 3.05) is 0 Å². The average Bonchev–Trinajstić information content (AvgIpc) is 3.55. The van der Waals surface area contributed by atoms with Crippen molar-refractivity contribution in [3.05, 3.63) is 114 Å². The van der Waals surface area contributed by atoms with Crippen LogP contribution in [0, 0.1) is 0 Å². The van der Waals surface area contributed by atoms with Crippen LogP contribution in [0.2, 0.25) is 5.02 Å². The predicted octanol–water partition coefficient (Wildman–Crippen LogP) is 9.32. The first-order chi connectivity index (χ1) is 19.2. The Morgan fingerprint density at radius 1 is 0.487 bits per heavy atom. The molecule has 0 aliphatic heterocycles. The largest absolute Gasteiger partial charge is 0.456 e. The maximum Gasteiger partial charge on any atom is 0.167 e. The quantitative estimate of drug-likeness (QED) is 0.231. The molecule has 0 atom stereocenters. The summed E-state index contributed by atoms with van der Waals surface area (Å²) in [6.07, 6.45) is 0. The normalized spacial score (nSPS) is 11.7. The fourth-order valence-electron chi connectivity index (χ4n) is 5.24. The molecular formula is C33H18ClN3O2. The highest BCUT2D eigenvalue weighted by Gasteiger charge is 2.20. The number of furan rings is 2. The molecule has 5 nitrogen and oxygen atoms in total. The van der Waals surface area contributed by atoms with E-state index in [4.69, 9.17) is 35.4 Å². The molecule has 5 aromatic carbocycles. The van der Waals surface area contributed by atoms with E-state index in [9.17, 15) is 0 Å². The van der Waals surface area contributed by atoms with Gasteiger partial charge in [0.1, 0.15) is 22.3 Å². The van der Waals surface area contributed by atoms with Crippen molar-refractivity contribution in [2.24, 2.45) is 0 Å². The molecule has 0 unspecified atom stereocenters. The molecule has 0 amide bonds. The summed E-state index contributed by atoms with van der Waals surface area (Å²) in [7, 11) is 0. The summed E-state index contributed by atoms with van der Waals surface area (Å²) in [5, 5.41) is 4.55. The van der Waals surface area contributed by atoms with Crippen LogP contribution in [0.15, 0.2) is 118 Å². The number of fused-ring (bicyclic) bond motifs is 6. The van der Waals surface area contributed by atoms with Gasteiger partial charge in [0.2, 0.25) is 0 Å². The molecule has 0 N–H and O–H groups in total. The third kappa shape index (κ3) is 3.51. The molecule has 0 radical (unpaired) electrons. The molecule has 0 spiro atoms. The molecule has 8 aromatic rings. The van der Waals surface area contributed by atoms with Gasteiger partial charge in [0.05, 0.1) is 5.56 Å². The molecule has 0 fully saturated rings. The van der Waals surface area contributed by atoms with Crippen LogP contribution >= 0.6 is 11.6 Å².